The van der Waals surface area contributed by atoms with Gasteiger partial charge < -0.3 is 15.0 Å². The number of piperidine rings is 1. The fourth-order valence-electron chi connectivity index (χ4n) is 3.37. The number of hydrogen-bond donors (Lipinski definition) is 1. The van der Waals surface area contributed by atoms with Gasteiger partial charge in [-0.1, -0.05) is 18.2 Å². The van der Waals surface area contributed by atoms with Crippen LogP contribution >= 0.6 is 0 Å². The highest BCUT2D eigenvalue weighted by Gasteiger charge is 2.29. The molecule has 0 unspecified atom stereocenters. The van der Waals surface area contributed by atoms with Crippen molar-refractivity contribution in [2.24, 2.45) is 0 Å². The van der Waals surface area contributed by atoms with Crippen molar-refractivity contribution in [1.82, 2.24) is 4.90 Å². The molecule has 1 heterocycles. The zero-order valence-corrected chi connectivity index (χ0v) is 13.4. The monoisotopic (exact) mass is 302 g/mol. The molecule has 22 heavy (non-hydrogen) atoms. The van der Waals surface area contributed by atoms with E-state index in [9.17, 15) is 4.79 Å². The molecule has 4 nitrogen and oxygen atoms in total. The third kappa shape index (κ3) is 3.61. The van der Waals surface area contributed by atoms with Gasteiger partial charge >= 0.3 is 6.03 Å². The molecule has 2 fully saturated rings. The van der Waals surface area contributed by atoms with Crippen LogP contribution in [0, 0.1) is 0 Å². The maximum absolute atomic E-state index is 12.7. The maximum Gasteiger partial charge on any atom is 0.322 e. The number of nitrogens with zero attached hydrogens (tertiary/aromatic N) is 1. The minimum atomic E-state index is 0.0499. The lowest BCUT2D eigenvalue weighted by molar-refractivity contribution is 0.123. The smallest absolute Gasteiger partial charge is 0.322 e. The van der Waals surface area contributed by atoms with E-state index in [1.54, 1.807) is 7.11 Å². The van der Waals surface area contributed by atoms with Crippen LogP contribution in [-0.2, 0) is 4.74 Å². The summed E-state index contributed by atoms with van der Waals surface area (Å²) in [7, 11) is 1.72. The second-order valence-electron chi connectivity index (χ2n) is 6.42. The van der Waals surface area contributed by atoms with E-state index in [0.29, 0.717) is 18.6 Å². The summed E-state index contributed by atoms with van der Waals surface area (Å²) in [5, 5.41) is 3.15. The molecule has 1 N–H and O–H groups in total. The molecule has 1 aliphatic heterocycles. The highest BCUT2D eigenvalue weighted by Crippen LogP contribution is 2.43. The van der Waals surface area contributed by atoms with Crippen LogP contribution in [-0.4, -0.2) is 37.2 Å². The van der Waals surface area contributed by atoms with Gasteiger partial charge in [0.15, 0.2) is 0 Å². The number of anilines is 1. The summed E-state index contributed by atoms with van der Waals surface area (Å²) in [5.74, 6) is 0.641. The molecule has 0 bridgehead atoms. The van der Waals surface area contributed by atoms with Gasteiger partial charge in [0.1, 0.15) is 0 Å². The Hall–Kier alpha value is -1.55. The van der Waals surface area contributed by atoms with Crippen LogP contribution in [0.5, 0.6) is 0 Å². The van der Waals surface area contributed by atoms with Crippen LogP contribution < -0.4 is 5.32 Å². The van der Waals surface area contributed by atoms with Gasteiger partial charge in [-0.2, -0.15) is 0 Å². The van der Waals surface area contributed by atoms with Crippen molar-refractivity contribution in [2.75, 3.05) is 25.6 Å². The molecule has 2 aliphatic rings. The van der Waals surface area contributed by atoms with Crippen molar-refractivity contribution in [3.63, 3.8) is 0 Å². The van der Waals surface area contributed by atoms with Crippen molar-refractivity contribution in [3.8, 4) is 0 Å². The number of amides is 2. The Morgan fingerprint density at radius 3 is 2.86 bits per heavy atom. The van der Waals surface area contributed by atoms with Crippen molar-refractivity contribution in [3.05, 3.63) is 29.8 Å². The summed E-state index contributed by atoms with van der Waals surface area (Å²) in [6, 6.07) is 8.59. The summed E-state index contributed by atoms with van der Waals surface area (Å²) in [6.07, 6.45) is 6.80. The van der Waals surface area contributed by atoms with Gasteiger partial charge in [0.05, 0.1) is 0 Å². The largest absolute Gasteiger partial charge is 0.385 e. The zero-order chi connectivity index (χ0) is 15.4. The normalized spacial score (nSPS) is 21.7. The van der Waals surface area contributed by atoms with Crippen LogP contribution in [0.1, 0.15) is 50.0 Å². The minimum absolute atomic E-state index is 0.0499. The third-order valence-corrected chi connectivity index (χ3v) is 4.76. The number of likely N-dealkylation sites (tertiary alicyclic amines) is 1. The maximum atomic E-state index is 12.7. The number of carbonyl (C=O) groups is 1. The van der Waals surface area contributed by atoms with Gasteiger partial charge in [-0.15, -0.1) is 0 Å². The Labute approximate surface area is 132 Å². The van der Waals surface area contributed by atoms with Crippen LogP contribution in [0.2, 0.25) is 0 Å². The minimum Gasteiger partial charge on any atom is -0.385 e. The number of ether oxygens (including phenoxy) is 1. The Morgan fingerprint density at radius 1 is 1.27 bits per heavy atom. The zero-order valence-electron chi connectivity index (χ0n) is 13.4. The molecule has 3 rings (SSSR count). The molecular weight excluding hydrogens is 276 g/mol. The molecule has 2 amide bonds. The van der Waals surface area contributed by atoms with Crippen LogP contribution in [0.15, 0.2) is 24.3 Å². The van der Waals surface area contributed by atoms with Gasteiger partial charge in [0.2, 0.25) is 0 Å². The Balaban J connectivity index is 1.67. The number of rotatable bonds is 5. The highest BCUT2D eigenvalue weighted by molar-refractivity contribution is 5.90. The molecule has 1 saturated heterocycles. The number of hydrogen-bond acceptors (Lipinski definition) is 2. The van der Waals surface area contributed by atoms with E-state index in [0.717, 1.165) is 31.5 Å². The lowest BCUT2D eigenvalue weighted by atomic mass is 10.00. The molecule has 4 heteroatoms. The summed E-state index contributed by atoms with van der Waals surface area (Å²) >= 11 is 0. The van der Waals surface area contributed by atoms with E-state index in [2.05, 4.69) is 17.4 Å². The van der Waals surface area contributed by atoms with Gasteiger partial charge in [-0.3, -0.25) is 0 Å². The average Bonchev–Trinajstić information content (AvgIpc) is 3.38. The van der Waals surface area contributed by atoms with E-state index in [1.807, 2.05) is 17.0 Å². The van der Waals surface area contributed by atoms with E-state index in [1.165, 1.54) is 24.8 Å². The number of methoxy groups -OCH3 is 1. The molecule has 1 aromatic carbocycles. The van der Waals surface area contributed by atoms with Gasteiger partial charge in [-0.05, 0) is 56.1 Å². The highest BCUT2D eigenvalue weighted by atomic mass is 16.5. The molecule has 0 aromatic heterocycles. The number of benzene rings is 1. The summed E-state index contributed by atoms with van der Waals surface area (Å²) in [6.45, 7) is 1.57. The molecule has 0 radical (unpaired) electrons. The topological polar surface area (TPSA) is 41.6 Å². The number of urea groups is 1. The van der Waals surface area contributed by atoms with Crippen molar-refractivity contribution < 1.29 is 9.53 Å². The van der Waals surface area contributed by atoms with Crippen LogP contribution in [0.25, 0.3) is 0 Å². The first kappa shape index (κ1) is 15.3. The SMILES string of the molecule is COCC[C@@H]1CCCCN1C(=O)Nc1ccccc1C1CC1. The number of nitrogens with one attached hydrogen (secondary N) is 1. The van der Waals surface area contributed by atoms with E-state index in [4.69, 9.17) is 4.74 Å². The lowest BCUT2D eigenvalue weighted by Crippen LogP contribution is -2.46. The summed E-state index contributed by atoms with van der Waals surface area (Å²) < 4.78 is 5.19. The van der Waals surface area contributed by atoms with E-state index < -0.39 is 0 Å². The van der Waals surface area contributed by atoms with Crippen molar-refractivity contribution >= 4 is 11.7 Å². The molecular formula is C18H26N2O2. The predicted octanol–water partition coefficient (Wildman–Crippen LogP) is 3.99. The van der Waals surface area contributed by atoms with Gasteiger partial charge in [-0.25, -0.2) is 4.79 Å². The predicted molar refractivity (Wildman–Crippen MR) is 88.3 cm³/mol. The Morgan fingerprint density at radius 2 is 2.09 bits per heavy atom. The number of carbonyl (C=O) groups excluding carboxylic acids is 1. The first-order valence-corrected chi connectivity index (χ1v) is 8.45. The molecule has 1 aliphatic carbocycles. The quantitative estimate of drug-likeness (QED) is 0.893. The fourth-order valence-corrected chi connectivity index (χ4v) is 3.37. The average molecular weight is 302 g/mol. The van der Waals surface area contributed by atoms with Gasteiger partial charge in [0, 0.05) is 32.0 Å². The second kappa shape index (κ2) is 7.14. The van der Waals surface area contributed by atoms with Crippen molar-refractivity contribution in [1.29, 1.82) is 0 Å². The van der Waals surface area contributed by atoms with Crippen molar-refractivity contribution in [2.45, 2.75) is 50.5 Å². The summed E-state index contributed by atoms with van der Waals surface area (Å²) in [5.41, 5.74) is 2.28. The first-order chi connectivity index (χ1) is 10.8. The molecule has 1 atom stereocenters. The molecule has 1 aromatic rings. The molecule has 1 saturated carbocycles. The summed E-state index contributed by atoms with van der Waals surface area (Å²) in [4.78, 5) is 14.7. The number of para-hydroxylation sites is 1. The van der Waals surface area contributed by atoms with E-state index in [-0.39, 0.29) is 6.03 Å². The van der Waals surface area contributed by atoms with E-state index >= 15 is 0 Å². The lowest BCUT2D eigenvalue weighted by Gasteiger charge is -2.35. The first-order valence-electron chi connectivity index (χ1n) is 8.45. The van der Waals surface area contributed by atoms with Gasteiger partial charge in [0.25, 0.3) is 0 Å². The fraction of sp³-hybridized carbons (Fsp3) is 0.611. The van der Waals surface area contributed by atoms with Crippen LogP contribution in [0.4, 0.5) is 10.5 Å². The standard InChI is InChI=1S/C18H26N2O2/c1-22-13-11-15-6-4-5-12-20(15)18(21)19-17-8-3-2-7-16(17)14-9-10-14/h2-3,7-8,14-15H,4-6,9-13H2,1H3,(H,19,21)/t15-/m0/s1. The Bertz CT molecular complexity index is 514. The Kier molecular flexibility index (Phi) is 4.98. The van der Waals surface area contributed by atoms with Crippen LogP contribution in [0.3, 0.4) is 0 Å². The molecule has 0 spiro atoms. The second-order valence-corrected chi connectivity index (χ2v) is 6.42. The third-order valence-electron chi connectivity index (χ3n) is 4.76. The molecule has 120 valence electrons.